The molecule has 0 aromatic rings. The molecule has 0 radical (unpaired) electrons. The molecule has 0 saturated carbocycles. The Morgan fingerprint density at radius 2 is 1.38 bits per heavy atom. The Labute approximate surface area is 70.5 Å². The van der Waals surface area contributed by atoms with Gasteiger partial charge in [0.1, 0.15) is 0 Å². The summed E-state index contributed by atoms with van der Waals surface area (Å²) in [6.45, 7) is 3.03. The normalized spacial score (nSPS) is 14.5. The van der Waals surface area contributed by atoms with E-state index in [0.29, 0.717) is 6.92 Å². The van der Waals surface area contributed by atoms with Crippen LogP contribution in [0.5, 0.6) is 0 Å². The number of alkyl halides is 6. The highest BCUT2D eigenvalue weighted by atomic mass is 19.4. The molecular formula is C7H6F6. The fourth-order valence-electron chi connectivity index (χ4n) is 0.425. The van der Waals surface area contributed by atoms with Crippen LogP contribution in [-0.2, 0) is 0 Å². The van der Waals surface area contributed by atoms with Crippen molar-refractivity contribution in [2.75, 3.05) is 0 Å². The molecule has 76 valence electrons. The molecule has 0 atom stereocenters. The van der Waals surface area contributed by atoms with Gasteiger partial charge in [-0.05, 0) is 13.0 Å². The summed E-state index contributed by atoms with van der Waals surface area (Å²) in [6, 6.07) is 0. The fraction of sp³-hybridized carbons (Fsp3) is 0.429. The van der Waals surface area contributed by atoms with Crippen LogP contribution in [0.2, 0.25) is 0 Å². The predicted molar refractivity (Wildman–Crippen MR) is 35.0 cm³/mol. The van der Waals surface area contributed by atoms with Crippen molar-refractivity contribution in [3.05, 3.63) is 23.8 Å². The lowest BCUT2D eigenvalue weighted by atomic mass is 10.2. The second kappa shape index (κ2) is 3.43. The van der Waals surface area contributed by atoms with Gasteiger partial charge in [0.15, 0.2) is 0 Å². The third kappa shape index (κ3) is 4.00. The number of rotatable bonds is 1. The molecule has 0 bridgehead atoms. The summed E-state index contributed by atoms with van der Waals surface area (Å²) < 4.78 is 70.2. The van der Waals surface area contributed by atoms with Gasteiger partial charge >= 0.3 is 12.4 Å². The summed E-state index contributed by atoms with van der Waals surface area (Å²) in [4.78, 5) is 0. The molecule has 0 aromatic carbocycles. The first-order chi connectivity index (χ1) is 5.55. The Morgan fingerprint density at radius 3 is 1.62 bits per heavy atom. The zero-order valence-electron chi connectivity index (χ0n) is 6.55. The largest absolute Gasteiger partial charge is 0.415 e. The van der Waals surface area contributed by atoms with Crippen LogP contribution >= 0.6 is 0 Å². The highest BCUT2D eigenvalue weighted by Crippen LogP contribution is 2.30. The SMILES string of the molecule is C=C(/C=C(\C)C(F)(F)F)C(F)(F)F. The molecule has 6 heteroatoms. The maximum absolute atomic E-state index is 11.7. The van der Waals surface area contributed by atoms with E-state index in [-0.39, 0.29) is 6.08 Å². The van der Waals surface area contributed by atoms with Gasteiger partial charge in [0.2, 0.25) is 0 Å². The number of allylic oxidation sites excluding steroid dienone is 3. The molecule has 0 fully saturated rings. The first-order valence-electron chi connectivity index (χ1n) is 3.06. The van der Waals surface area contributed by atoms with E-state index >= 15 is 0 Å². The lowest BCUT2D eigenvalue weighted by molar-refractivity contribution is -0.0952. The molecule has 0 heterocycles. The summed E-state index contributed by atoms with van der Waals surface area (Å²) in [6.07, 6.45) is -9.58. The van der Waals surface area contributed by atoms with Crippen molar-refractivity contribution in [3.63, 3.8) is 0 Å². The maximum atomic E-state index is 11.7. The van der Waals surface area contributed by atoms with Gasteiger partial charge in [0.25, 0.3) is 0 Å². The Hall–Kier alpha value is -0.940. The van der Waals surface area contributed by atoms with E-state index in [0.717, 1.165) is 0 Å². The average Bonchev–Trinajstić information content (AvgIpc) is 1.82. The zero-order valence-corrected chi connectivity index (χ0v) is 6.55. The summed E-state index contributed by atoms with van der Waals surface area (Å²) in [5.41, 5.74) is -2.84. The van der Waals surface area contributed by atoms with Gasteiger partial charge in [-0.25, -0.2) is 0 Å². The van der Waals surface area contributed by atoms with Crippen LogP contribution in [0.1, 0.15) is 6.92 Å². The maximum Gasteiger partial charge on any atom is 0.415 e. The molecule has 0 aliphatic carbocycles. The van der Waals surface area contributed by atoms with Gasteiger partial charge in [-0.3, -0.25) is 0 Å². The second-order valence-corrected chi connectivity index (χ2v) is 2.35. The van der Waals surface area contributed by atoms with Crippen LogP contribution in [0.4, 0.5) is 26.3 Å². The molecule has 0 rings (SSSR count). The van der Waals surface area contributed by atoms with Gasteiger partial charge in [-0.1, -0.05) is 6.58 Å². The van der Waals surface area contributed by atoms with Crippen molar-refractivity contribution in [1.82, 2.24) is 0 Å². The second-order valence-electron chi connectivity index (χ2n) is 2.35. The minimum absolute atomic E-state index is 0.0278. The Kier molecular flexibility index (Phi) is 3.18. The highest BCUT2D eigenvalue weighted by molar-refractivity contribution is 5.25. The Bertz CT molecular complexity index is 228. The van der Waals surface area contributed by atoms with Crippen LogP contribution in [0, 0.1) is 0 Å². The third-order valence-electron chi connectivity index (χ3n) is 1.20. The van der Waals surface area contributed by atoms with Crippen LogP contribution < -0.4 is 0 Å². The topological polar surface area (TPSA) is 0 Å². The van der Waals surface area contributed by atoms with Crippen LogP contribution in [-0.4, -0.2) is 12.4 Å². The van der Waals surface area contributed by atoms with E-state index in [1.54, 1.807) is 0 Å². The average molecular weight is 204 g/mol. The van der Waals surface area contributed by atoms with E-state index in [9.17, 15) is 26.3 Å². The van der Waals surface area contributed by atoms with Crippen molar-refractivity contribution in [2.24, 2.45) is 0 Å². The predicted octanol–water partition coefficient (Wildman–Crippen LogP) is 3.61. The number of halogens is 6. The number of hydrogen-bond donors (Lipinski definition) is 0. The lowest BCUT2D eigenvalue weighted by Crippen LogP contribution is -2.13. The van der Waals surface area contributed by atoms with E-state index in [1.165, 1.54) is 0 Å². The molecule has 0 saturated heterocycles. The summed E-state index contributed by atoms with van der Waals surface area (Å²) in [5, 5.41) is 0. The molecule has 0 aliphatic rings. The van der Waals surface area contributed by atoms with Crippen molar-refractivity contribution in [2.45, 2.75) is 19.3 Å². The monoisotopic (exact) mass is 204 g/mol. The van der Waals surface area contributed by atoms with Crippen molar-refractivity contribution in [3.8, 4) is 0 Å². The summed E-state index contributed by atoms with van der Waals surface area (Å²) >= 11 is 0. The van der Waals surface area contributed by atoms with Gasteiger partial charge < -0.3 is 0 Å². The van der Waals surface area contributed by atoms with Crippen molar-refractivity contribution < 1.29 is 26.3 Å². The van der Waals surface area contributed by atoms with Crippen molar-refractivity contribution in [1.29, 1.82) is 0 Å². The fourth-order valence-corrected chi connectivity index (χ4v) is 0.425. The van der Waals surface area contributed by atoms with E-state index in [1.807, 2.05) is 0 Å². The van der Waals surface area contributed by atoms with E-state index in [4.69, 9.17) is 0 Å². The first kappa shape index (κ1) is 12.1. The molecule has 0 amide bonds. The molecule has 0 nitrogen and oxygen atoms in total. The van der Waals surface area contributed by atoms with Crippen LogP contribution in [0.3, 0.4) is 0 Å². The molecule has 0 N–H and O–H groups in total. The molecule has 0 spiro atoms. The molecule has 0 aliphatic heterocycles. The molecule has 0 unspecified atom stereocenters. The summed E-state index contributed by atoms with van der Waals surface area (Å²) in [7, 11) is 0. The molecule has 0 aromatic heterocycles. The Morgan fingerprint density at radius 1 is 1.00 bits per heavy atom. The lowest BCUT2D eigenvalue weighted by Gasteiger charge is -2.09. The van der Waals surface area contributed by atoms with Crippen LogP contribution in [0.15, 0.2) is 23.8 Å². The first-order valence-corrected chi connectivity index (χ1v) is 3.06. The standard InChI is InChI=1S/C7H6F6/c1-4(6(8,9)10)3-5(2)7(11,12)13/h3H,1H2,2H3/b5-3+. The minimum Gasteiger partial charge on any atom is -0.166 e. The van der Waals surface area contributed by atoms with E-state index in [2.05, 4.69) is 6.58 Å². The van der Waals surface area contributed by atoms with Gasteiger partial charge in [0.05, 0.1) is 0 Å². The van der Waals surface area contributed by atoms with Crippen LogP contribution in [0.25, 0.3) is 0 Å². The van der Waals surface area contributed by atoms with E-state index < -0.39 is 23.5 Å². The Balaban J connectivity index is 4.70. The zero-order chi connectivity index (χ0) is 10.9. The minimum atomic E-state index is -4.81. The van der Waals surface area contributed by atoms with Gasteiger partial charge in [-0.15, -0.1) is 0 Å². The third-order valence-corrected chi connectivity index (χ3v) is 1.20. The molecular weight excluding hydrogens is 198 g/mol. The highest BCUT2D eigenvalue weighted by Gasteiger charge is 2.35. The van der Waals surface area contributed by atoms with Gasteiger partial charge in [0, 0.05) is 11.1 Å². The quantitative estimate of drug-likeness (QED) is 0.452. The smallest absolute Gasteiger partial charge is 0.166 e. The van der Waals surface area contributed by atoms with Gasteiger partial charge in [-0.2, -0.15) is 26.3 Å². The van der Waals surface area contributed by atoms with Crippen molar-refractivity contribution >= 4 is 0 Å². The molecule has 13 heavy (non-hydrogen) atoms. The number of hydrogen-bond acceptors (Lipinski definition) is 0. The summed E-state index contributed by atoms with van der Waals surface area (Å²) in [5.74, 6) is 0.